The van der Waals surface area contributed by atoms with Gasteiger partial charge in [0, 0.05) is 25.0 Å². The molecule has 108 valence electrons. The van der Waals surface area contributed by atoms with Crippen molar-refractivity contribution in [3.63, 3.8) is 0 Å². The SMILES string of the molecule is CC(C)(N)CNC(=O)CCNC(=O)c1cccs1.Cl. The number of nitrogens with one attached hydrogen (secondary N) is 2. The standard InChI is InChI=1S/C12H19N3O2S.ClH/c1-12(2,13)8-15-10(16)5-6-14-11(17)9-4-3-7-18-9;/h3-4,7H,5-6,8,13H2,1-2H3,(H,14,17)(H,15,16);1H. The summed E-state index contributed by atoms with van der Waals surface area (Å²) in [5.41, 5.74) is 5.32. The van der Waals surface area contributed by atoms with Crippen LogP contribution in [0.15, 0.2) is 17.5 Å². The summed E-state index contributed by atoms with van der Waals surface area (Å²) < 4.78 is 0. The average Bonchev–Trinajstić information content (AvgIpc) is 2.78. The number of carbonyl (C=O) groups excluding carboxylic acids is 2. The fourth-order valence-electron chi connectivity index (χ4n) is 1.20. The van der Waals surface area contributed by atoms with E-state index in [1.165, 1.54) is 11.3 Å². The van der Waals surface area contributed by atoms with E-state index in [9.17, 15) is 9.59 Å². The van der Waals surface area contributed by atoms with Crippen molar-refractivity contribution in [1.29, 1.82) is 0 Å². The van der Waals surface area contributed by atoms with Gasteiger partial charge in [0.05, 0.1) is 4.88 Å². The first-order valence-corrected chi connectivity index (χ1v) is 6.64. The van der Waals surface area contributed by atoms with E-state index in [-0.39, 0.29) is 30.6 Å². The molecule has 0 spiro atoms. The second-order valence-corrected chi connectivity index (χ2v) is 5.70. The Morgan fingerprint density at radius 2 is 2.05 bits per heavy atom. The van der Waals surface area contributed by atoms with Gasteiger partial charge in [-0.1, -0.05) is 6.07 Å². The number of thiophene rings is 1. The minimum absolute atomic E-state index is 0. The normalized spacial score (nSPS) is 10.5. The number of halogens is 1. The third-order valence-electron chi connectivity index (χ3n) is 2.12. The van der Waals surface area contributed by atoms with Crippen molar-refractivity contribution in [2.24, 2.45) is 5.73 Å². The topological polar surface area (TPSA) is 84.2 Å². The molecule has 0 fully saturated rings. The number of rotatable bonds is 6. The molecule has 0 aliphatic carbocycles. The molecule has 7 heteroatoms. The zero-order valence-corrected chi connectivity index (χ0v) is 12.7. The Kier molecular flexibility index (Phi) is 7.66. The van der Waals surface area contributed by atoms with Crippen LogP contribution in [-0.2, 0) is 4.79 Å². The summed E-state index contributed by atoms with van der Waals surface area (Å²) >= 11 is 1.37. The van der Waals surface area contributed by atoms with Crippen molar-refractivity contribution < 1.29 is 9.59 Å². The van der Waals surface area contributed by atoms with Crippen molar-refractivity contribution in [1.82, 2.24) is 10.6 Å². The Bertz CT molecular complexity index is 402. The average molecular weight is 306 g/mol. The Hall–Kier alpha value is -1.11. The Morgan fingerprint density at radius 1 is 1.37 bits per heavy atom. The Labute approximate surface area is 123 Å². The predicted octanol–water partition coefficient (Wildman–Crippen LogP) is 1.14. The van der Waals surface area contributed by atoms with Gasteiger partial charge in [0.2, 0.25) is 5.91 Å². The second-order valence-electron chi connectivity index (χ2n) is 4.75. The predicted molar refractivity (Wildman–Crippen MR) is 79.8 cm³/mol. The molecular formula is C12H20ClN3O2S. The zero-order valence-electron chi connectivity index (χ0n) is 11.1. The number of hydrogen-bond acceptors (Lipinski definition) is 4. The van der Waals surface area contributed by atoms with Gasteiger partial charge in [0.15, 0.2) is 0 Å². The van der Waals surface area contributed by atoms with E-state index in [1.54, 1.807) is 6.07 Å². The second kappa shape index (κ2) is 8.14. The highest BCUT2D eigenvalue weighted by molar-refractivity contribution is 7.12. The lowest BCUT2D eigenvalue weighted by atomic mass is 10.1. The van der Waals surface area contributed by atoms with Crippen molar-refractivity contribution in [2.45, 2.75) is 25.8 Å². The van der Waals surface area contributed by atoms with Crippen LogP contribution >= 0.6 is 23.7 Å². The van der Waals surface area contributed by atoms with Crippen LogP contribution in [0.25, 0.3) is 0 Å². The van der Waals surface area contributed by atoms with Crippen LogP contribution in [-0.4, -0.2) is 30.4 Å². The highest BCUT2D eigenvalue weighted by Gasteiger charge is 2.12. The summed E-state index contributed by atoms with van der Waals surface area (Å²) in [6, 6.07) is 3.56. The van der Waals surface area contributed by atoms with Crippen molar-refractivity contribution in [3.8, 4) is 0 Å². The molecule has 0 aromatic carbocycles. The maximum atomic E-state index is 11.6. The van der Waals surface area contributed by atoms with E-state index in [0.717, 1.165) is 0 Å². The molecule has 1 heterocycles. The van der Waals surface area contributed by atoms with E-state index in [4.69, 9.17) is 5.73 Å². The lowest BCUT2D eigenvalue weighted by Crippen LogP contribution is -2.45. The van der Waals surface area contributed by atoms with Gasteiger partial charge in [0.25, 0.3) is 5.91 Å². The molecule has 0 bridgehead atoms. The summed E-state index contributed by atoms with van der Waals surface area (Å²) in [5, 5.41) is 7.25. The summed E-state index contributed by atoms with van der Waals surface area (Å²) in [6.07, 6.45) is 0.257. The third kappa shape index (κ3) is 7.81. The van der Waals surface area contributed by atoms with E-state index >= 15 is 0 Å². The monoisotopic (exact) mass is 305 g/mol. The molecule has 4 N–H and O–H groups in total. The maximum absolute atomic E-state index is 11.6. The maximum Gasteiger partial charge on any atom is 0.261 e. The first-order chi connectivity index (χ1) is 8.38. The van der Waals surface area contributed by atoms with Gasteiger partial charge in [-0.05, 0) is 25.3 Å². The van der Waals surface area contributed by atoms with Crippen LogP contribution in [0.3, 0.4) is 0 Å². The summed E-state index contributed by atoms with van der Waals surface area (Å²) in [6.45, 7) is 4.43. The number of hydrogen-bond donors (Lipinski definition) is 3. The summed E-state index contributed by atoms with van der Waals surface area (Å²) in [5.74, 6) is -0.253. The fourth-order valence-corrected chi connectivity index (χ4v) is 1.84. The number of nitrogens with two attached hydrogens (primary N) is 1. The fraction of sp³-hybridized carbons (Fsp3) is 0.500. The minimum Gasteiger partial charge on any atom is -0.354 e. The van der Waals surface area contributed by atoms with E-state index < -0.39 is 5.54 Å². The molecule has 1 aromatic heterocycles. The molecular weight excluding hydrogens is 286 g/mol. The molecule has 0 atom stereocenters. The van der Waals surface area contributed by atoms with Crippen LogP contribution in [0.2, 0.25) is 0 Å². The van der Waals surface area contributed by atoms with E-state index in [0.29, 0.717) is 18.0 Å². The highest BCUT2D eigenvalue weighted by atomic mass is 35.5. The zero-order chi connectivity index (χ0) is 13.6. The van der Waals surface area contributed by atoms with Gasteiger partial charge in [-0.2, -0.15) is 0 Å². The Balaban J connectivity index is 0.00000324. The molecule has 1 rings (SSSR count). The van der Waals surface area contributed by atoms with Crippen molar-refractivity contribution >= 4 is 35.6 Å². The van der Waals surface area contributed by atoms with Gasteiger partial charge in [-0.15, -0.1) is 23.7 Å². The smallest absolute Gasteiger partial charge is 0.261 e. The lowest BCUT2D eigenvalue weighted by Gasteiger charge is -2.18. The number of carbonyl (C=O) groups is 2. The molecule has 0 saturated heterocycles. The van der Waals surface area contributed by atoms with E-state index in [1.807, 2.05) is 25.3 Å². The largest absolute Gasteiger partial charge is 0.354 e. The molecule has 1 aromatic rings. The number of amides is 2. The molecule has 19 heavy (non-hydrogen) atoms. The first-order valence-electron chi connectivity index (χ1n) is 5.76. The molecule has 0 unspecified atom stereocenters. The van der Waals surface area contributed by atoms with Gasteiger partial charge in [0.1, 0.15) is 0 Å². The summed E-state index contributed by atoms with van der Waals surface area (Å²) in [4.78, 5) is 23.6. The molecule has 0 aliphatic rings. The Morgan fingerprint density at radius 3 is 2.58 bits per heavy atom. The minimum atomic E-state index is -0.421. The van der Waals surface area contributed by atoms with E-state index in [2.05, 4.69) is 10.6 Å². The van der Waals surface area contributed by atoms with Gasteiger partial charge >= 0.3 is 0 Å². The molecule has 5 nitrogen and oxygen atoms in total. The van der Waals surface area contributed by atoms with Crippen LogP contribution in [0, 0.1) is 0 Å². The van der Waals surface area contributed by atoms with Gasteiger partial charge in [-0.25, -0.2) is 0 Å². The van der Waals surface area contributed by atoms with Crippen LogP contribution < -0.4 is 16.4 Å². The molecule has 0 aliphatic heterocycles. The van der Waals surface area contributed by atoms with Gasteiger partial charge < -0.3 is 16.4 Å². The first kappa shape index (κ1) is 17.9. The molecule has 0 saturated carbocycles. The third-order valence-corrected chi connectivity index (χ3v) is 2.99. The van der Waals surface area contributed by atoms with Crippen LogP contribution in [0.5, 0.6) is 0 Å². The van der Waals surface area contributed by atoms with Gasteiger partial charge in [-0.3, -0.25) is 9.59 Å². The van der Waals surface area contributed by atoms with Crippen molar-refractivity contribution in [2.75, 3.05) is 13.1 Å². The molecule has 2 amide bonds. The highest BCUT2D eigenvalue weighted by Crippen LogP contribution is 2.07. The van der Waals surface area contributed by atoms with Crippen LogP contribution in [0.1, 0.15) is 29.9 Å². The molecule has 0 radical (unpaired) electrons. The summed E-state index contributed by atoms with van der Waals surface area (Å²) in [7, 11) is 0. The quantitative estimate of drug-likeness (QED) is 0.737. The van der Waals surface area contributed by atoms with Crippen LogP contribution in [0.4, 0.5) is 0 Å². The lowest BCUT2D eigenvalue weighted by molar-refractivity contribution is -0.121. The van der Waals surface area contributed by atoms with Crippen molar-refractivity contribution in [3.05, 3.63) is 22.4 Å².